The number of nitro benzene ring substituents is 2. The van der Waals surface area contributed by atoms with Crippen LogP contribution >= 0.6 is 23.2 Å². The van der Waals surface area contributed by atoms with Gasteiger partial charge in [0.2, 0.25) is 5.82 Å². The fourth-order valence-corrected chi connectivity index (χ4v) is 5.29. The van der Waals surface area contributed by atoms with E-state index in [1.807, 2.05) is 13.8 Å². The average molecular weight is 862 g/mol. The van der Waals surface area contributed by atoms with Gasteiger partial charge in [0.1, 0.15) is 42.5 Å². The zero-order valence-electron chi connectivity index (χ0n) is 31.5. The molecule has 2 aromatic heterocycles. The Morgan fingerprint density at radius 1 is 0.644 bits per heavy atom. The molecule has 16 nitrogen and oxygen atoms in total. The lowest BCUT2D eigenvalue weighted by Crippen LogP contribution is -2.08. The second kappa shape index (κ2) is 22.8. The maximum atomic E-state index is 13.6. The van der Waals surface area contributed by atoms with Crippen LogP contribution in [-0.4, -0.2) is 74.5 Å². The number of hydrogen-bond acceptors (Lipinski definition) is 14. The highest BCUT2D eigenvalue weighted by molar-refractivity contribution is 6.31. The van der Waals surface area contributed by atoms with E-state index in [0.29, 0.717) is 47.9 Å². The molecule has 3 N–H and O–H groups in total. The summed E-state index contributed by atoms with van der Waals surface area (Å²) in [4.78, 5) is 37.2. The zero-order valence-corrected chi connectivity index (χ0v) is 33.0. The smallest absolute Gasteiger partial charge is 0.311 e. The molecule has 21 heteroatoms. The fourth-order valence-electron chi connectivity index (χ4n) is 4.93. The Kier molecular flexibility index (Phi) is 17.7. The summed E-state index contributed by atoms with van der Waals surface area (Å²) in [5.74, 6) is -1.50. The van der Waals surface area contributed by atoms with Crippen molar-refractivity contribution in [3.63, 3.8) is 0 Å². The Balaban J connectivity index is 0.000000229. The topological polar surface area (TPSA) is 210 Å². The molecule has 0 aliphatic heterocycles. The van der Waals surface area contributed by atoms with Gasteiger partial charge in [-0.15, -0.1) is 0 Å². The minimum atomic E-state index is -0.989. The standard InChI is InChI=1S/C19H18ClFN4O4.C14H7ClF2N4O2.C5H12O2/c1-2-5-28-6-7-29-18-10-16-13(9-17(18)25(26)27)19(23-11-22-16)24-12-3-4-15(21)14(20)8-12;15-9-3-7(1-2-10(9)16)20-14-8-4-13(21(22)23)11(17)5-12(8)18-6-19-14;1-2-4-7-5-3-6/h3-4,8-11H,2,5-7H2,1H3,(H,22,23,24);1-6H,(H,18,19,20);6H,2-5H2,1H3. The molecule has 6 rings (SSSR count). The number of anilines is 4. The number of aliphatic hydroxyl groups is 1. The molecule has 0 bridgehead atoms. The first-order chi connectivity index (χ1) is 28.4. The molecule has 6 aromatic rings. The van der Waals surface area contributed by atoms with Crippen LogP contribution in [0.4, 0.5) is 47.6 Å². The number of aromatic nitrogens is 4. The van der Waals surface area contributed by atoms with Gasteiger partial charge in [-0.2, -0.15) is 4.39 Å². The SMILES string of the molecule is CCCOCCO.CCCOCCOc1cc2ncnc(Nc3ccc(F)c(Cl)c3)c2cc1[N+](=O)[O-].O=[N+]([O-])c1cc2c(Nc3ccc(F)c(Cl)c3)ncnc2cc1F. The van der Waals surface area contributed by atoms with Crippen LogP contribution in [-0.2, 0) is 9.47 Å². The predicted octanol–water partition coefficient (Wildman–Crippen LogP) is 9.50. The molecular formula is C38H37Cl2F3N8O8. The first-order valence-corrected chi connectivity index (χ1v) is 18.5. The number of ether oxygens (including phenoxy) is 3. The number of fused-ring (bicyclic) bond motifs is 2. The number of nitrogens with one attached hydrogen (secondary N) is 2. The third-order valence-corrected chi connectivity index (χ3v) is 8.18. The van der Waals surface area contributed by atoms with Gasteiger partial charge in [-0.3, -0.25) is 20.2 Å². The van der Waals surface area contributed by atoms with Crippen LogP contribution in [0.15, 0.2) is 73.3 Å². The first-order valence-electron chi connectivity index (χ1n) is 17.7. The van der Waals surface area contributed by atoms with Crippen molar-refractivity contribution >= 4 is 79.4 Å². The van der Waals surface area contributed by atoms with Crippen LogP contribution < -0.4 is 15.4 Å². The van der Waals surface area contributed by atoms with E-state index in [9.17, 15) is 33.4 Å². The van der Waals surface area contributed by atoms with Crippen molar-refractivity contribution in [2.24, 2.45) is 0 Å². The van der Waals surface area contributed by atoms with Crippen LogP contribution in [0.3, 0.4) is 0 Å². The molecule has 2 heterocycles. The van der Waals surface area contributed by atoms with Crippen molar-refractivity contribution in [2.75, 3.05) is 50.3 Å². The lowest BCUT2D eigenvalue weighted by atomic mass is 10.2. The van der Waals surface area contributed by atoms with Gasteiger partial charge < -0.3 is 30.0 Å². The second-order valence-electron chi connectivity index (χ2n) is 11.9. The fraction of sp³-hybridized carbons (Fsp3) is 0.263. The normalized spacial score (nSPS) is 10.6. The molecule has 0 atom stereocenters. The van der Waals surface area contributed by atoms with Crippen molar-refractivity contribution in [1.82, 2.24) is 19.9 Å². The highest BCUT2D eigenvalue weighted by Crippen LogP contribution is 2.35. The molecule has 0 amide bonds. The molecule has 0 radical (unpaired) electrons. The summed E-state index contributed by atoms with van der Waals surface area (Å²) in [6, 6.07) is 12.8. The van der Waals surface area contributed by atoms with Gasteiger partial charge in [-0.05, 0) is 49.2 Å². The van der Waals surface area contributed by atoms with Gasteiger partial charge in [0.15, 0.2) is 5.75 Å². The zero-order chi connectivity index (χ0) is 42.9. The number of benzene rings is 4. The number of hydrogen-bond donors (Lipinski definition) is 3. The van der Waals surface area contributed by atoms with E-state index in [2.05, 4.69) is 30.6 Å². The maximum Gasteiger partial charge on any atom is 0.311 e. The van der Waals surface area contributed by atoms with Gasteiger partial charge in [0, 0.05) is 48.9 Å². The van der Waals surface area contributed by atoms with E-state index in [-0.39, 0.29) is 51.4 Å². The van der Waals surface area contributed by atoms with Gasteiger partial charge >= 0.3 is 11.4 Å². The predicted molar refractivity (Wildman–Crippen MR) is 217 cm³/mol. The van der Waals surface area contributed by atoms with E-state index < -0.39 is 33.0 Å². The molecule has 0 aliphatic carbocycles. The van der Waals surface area contributed by atoms with Gasteiger partial charge in [-0.1, -0.05) is 37.0 Å². The van der Waals surface area contributed by atoms with E-state index in [4.69, 9.17) is 42.5 Å². The number of nitro groups is 2. The Bertz CT molecular complexity index is 2380. The summed E-state index contributed by atoms with van der Waals surface area (Å²) in [6.45, 7) is 6.51. The van der Waals surface area contributed by atoms with E-state index >= 15 is 0 Å². The van der Waals surface area contributed by atoms with Gasteiger partial charge in [0.25, 0.3) is 0 Å². The summed E-state index contributed by atoms with van der Waals surface area (Å²) in [6.07, 6.45) is 4.40. The summed E-state index contributed by atoms with van der Waals surface area (Å²) in [7, 11) is 0. The Morgan fingerprint density at radius 2 is 1.14 bits per heavy atom. The largest absolute Gasteiger partial charge is 0.484 e. The molecule has 0 aliphatic rings. The molecular weight excluding hydrogens is 824 g/mol. The van der Waals surface area contributed by atoms with Gasteiger partial charge in [0.05, 0.1) is 61.5 Å². The monoisotopic (exact) mass is 860 g/mol. The summed E-state index contributed by atoms with van der Waals surface area (Å²) in [5.41, 5.74) is 0.635. The van der Waals surface area contributed by atoms with Crippen molar-refractivity contribution in [3.05, 3.63) is 121 Å². The highest BCUT2D eigenvalue weighted by atomic mass is 35.5. The number of halogens is 5. The molecule has 4 aromatic carbocycles. The molecule has 0 spiro atoms. The molecule has 0 saturated carbocycles. The minimum Gasteiger partial charge on any atom is -0.484 e. The van der Waals surface area contributed by atoms with Crippen LogP contribution in [0, 0.1) is 37.7 Å². The maximum absolute atomic E-state index is 13.6. The third kappa shape index (κ3) is 13.3. The quantitative estimate of drug-likeness (QED) is 0.0470. The third-order valence-electron chi connectivity index (χ3n) is 7.60. The summed E-state index contributed by atoms with van der Waals surface area (Å²) < 4.78 is 55.9. The summed E-state index contributed by atoms with van der Waals surface area (Å²) >= 11 is 11.5. The van der Waals surface area contributed by atoms with Gasteiger partial charge in [-0.25, -0.2) is 28.7 Å². The Labute approximate surface area is 344 Å². The van der Waals surface area contributed by atoms with Crippen LogP contribution in [0.1, 0.15) is 26.7 Å². The lowest BCUT2D eigenvalue weighted by Gasteiger charge is -2.11. The van der Waals surface area contributed by atoms with Crippen molar-refractivity contribution in [1.29, 1.82) is 0 Å². The average Bonchev–Trinajstić information content (AvgIpc) is 3.21. The summed E-state index contributed by atoms with van der Waals surface area (Å²) in [5, 5.41) is 36.9. The van der Waals surface area contributed by atoms with Crippen molar-refractivity contribution < 1.29 is 42.3 Å². The minimum absolute atomic E-state index is 0.0553. The Morgan fingerprint density at radius 3 is 1.61 bits per heavy atom. The molecule has 312 valence electrons. The first kappa shape index (κ1) is 45.7. The second-order valence-corrected chi connectivity index (χ2v) is 12.7. The van der Waals surface area contributed by atoms with Crippen LogP contribution in [0.25, 0.3) is 21.8 Å². The van der Waals surface area contributed by atoms with Crippen LogP contribution in [0.2, 0.25) is 10.0 Å². The Hall–Kier alpha value is -5.99. The number of nitrogens with zero attached hydrogens (tertiary/aromatic N) is 6. The lowest BCUT2D eigenvalue weighted by molar-refractivity contribution is -0.387. The number of rotatable bonds is 16. The van der Waals surface area contributed by atoms with E-state index in [1.165, 1.54) is 55.1 Å². The van der Waals surface area contributed by atoms with Crippen molar-refractivity contribution in [3.8, 4) is 5.75 Å². The van der Waals surface area contributed by atoms with E-state index in [0.717, 1.165) is 37.6 Å². The molecule has 0 saturated heterocycles. The molecule has 0 unspecified atom stereocenters. The highest BCUT2D eigenvalue weighted by Gasteiger charge is 2.20. The van der Waals surface area contributed by atoms with Crippen LogP contribution in [0.5, 0.6) is 5.75 Å². The van der Waals surface area contributed by atoms with E-state index in [1.54, 1.807) is 0 Å². The molecule has 0 fully saturated rings. The van der Waals surface area contributed by atoms with Crippen molar-refractivity contribution in [2.45, 2.75) is 26.7 Å². The number of aliphatic hydroxyl groups excluding tert-OH is 1. The molecule has 59 heavy (non-hydrogen) atoms.